The van der Waals surface area contributed by atoms with Gasteiger partial charge < -0.3 is 9.47 Å². The third-order valence-corrected chi connectivity index (χ3v) is 5.84. The molecule has 0 aromatic heterocycles. The Labute approximate surface area is 170 Å². The van der Waals surface area contributed by atoms with E-state index in [-0.39, 0.29) is 24.0 Å². The highest BCUT2D eigenvalue weighted by Crippen LogP contribution is 2.46. The first-order chi connectivity index (χ1) is 14.0. The Morgan fingerprint density at radius 1 is 1.00 bits per heavy atom. The number of para-hydroxylation sites is 1. The van der Waals surface area contributed by atoms with Crippen LogP contribution in [0.5, 0.6) is 11.5 Å². The fraction of sp³-hybridized carbons (Fsp3) is 0.333. The highest BCUT2D eigenvalue weighted by atomic mass is 16.5. The van der Waals surface area contributed by atoms with Gasteiger partial charge in [-0.2, -0.15) is 0 Å². The van der Waals surface area contributed by atoms with Crippen molar-refractivity contribution in [1.29, 1.82) is 0 Å². The number of amides is 1. The number of methoxy groups -OCH3 is 2. The normalized spacial score (nSPS) is 19.3. The first kappa shape index (κ1) is 19.2. The summed E-state index contributed by atoms with van der Waals surface area (Å²) in [5.74, 6) is 1.14. The van der Waals surface area contributed by atoms with Gasteiger partial charge >= 0.3 is 0 Å². The summed E-state index contributed by atoms with van der Waals surface area (Å²) in [6.45, 7) is 1.99. The van der Waals surface area contributed by atoms with Gasteiger partial charge in [-0.25, -0.2) is 0 Å². The minimum absolute atomic E-state index is 0.00243. The van der Waals surface area contributed by atoms with Gasteiger partial charge in [-0.3, -0.25) is 14.5 Å². The molecule has 1 heterocycles. The van der Waals surface area contributed by atoms with Crippen molar-refractivity contribution < 1.29 is 19.1 Å². The largest absolute Gasteiger partial charge is 0.497 e. The van der Waals surface area contributed by atoms with Crippen LogP contribution in [0.2, 0.25) is 0 Å². The second-order valence-electron chi connectivity index (χ2n) is 7.52. The minimum atomic E-state index is -0.324. The molecule has 4 rings (SSSR count). The van der Waals surface area contributed by atoms with E-state index in [1.807, 2.05) is 49.4 Å². The summed E-state index contributed by atoms with van der Waals surface area (Å²) in [6.07, 6.45) is 2.21. The van der Waals surface area contributed by atoms with Crippen LogP contribution >= 0.6 is 0 Å². The zero-order valence-corrected chi connectivity index (χ0v) is 17.0. The highest BCUT2D eigenvalue weighted by molar-refractivity contribution is 6.07. The van der Waals surface area contributed by atoms with E-state index in [4.69, 9.17) is 9.47 Å². The molecule has 2 aromatic carbocycles. The van der Waals surface area contributed by atoms with E-state index >= 15 is 0 Å². The van der Waals surface area contributed by atoms with Crippen molar-refractivity contribution >= 4 is 17.4 Å². The summed E-state index contributed by atoms with van der Waals surface area (Å²) >= 11 is 0. The summed E-state index contributed by atoms with van der Waals surface area (Å²) < 4.78 is 11.0. The van der Waals surface area contributed by atoms with E-state index < -0.39 is 0 Å². The van der Waals surface area contributed by atoms with E-state index in [1.165, 1.54) is 0 Å². The molecule has 0 spiro atoms. The predicted octanol–water partition coefficient (Wildman–Crippen LogP) is 4.54. The maximum Gasteiger partial charge on any atom is 0.232 e. The molecule has 2 aromatic rings. The van der Waals surface area contributed by atoms with Crippen molar-refractivity contribution in [2.24, 2.45) is 0 Å². The Hall–Kier alpha value is -3.08. The number of hydrogen-bond acceptors (Lipinski definition) is 4. The molecule has 0 saturated heterocycles. The third-order valence-electron chi connectivity index (χ3n) is 5.84. The van der Waals surface area contributed by atoms with Crippen LogP contribution in [0, 0.1) is 6.92 Å². The van der Waals surface area contributed by atoms with Gasteiger partial charge in [-0.05, 0) is 49.6 Å². The first-order valence-corrected chi connectivity index (χ1v) is 9.92. The fourth-order valence-electron chi connectivity index (χ4n) is 4.46. The minimum Gasteiger partial charge on any atom is -0.497 e. The number of nitrogens with zero attached hydrogens (tertiary/aromatic N) is 1. The van der Waals surface area contributed by atoms with Crippen molar-refractivity contribution in [3.63, 3.8) is 0 Å². The summed E-state index contributed by atoms with van der Waals surface area (Å²) in [4.78, 5) is 28.2. The second kappa shape index (κ2) is 7.74. The number of carbonyl (C=O) groups is 2. The molecule has 1 aliphatic carbocycles. The van der Waals surface area contributed by atoms with E-state index in [0.717, 1.165) is 34.5 Å². The number of hydrogen-bond donors (Lipinski definition) is 0. The van der Waals surface area contributed by atoms with E-state index in [0.29, 0.717) is 24.3 Å². The molecule has 0 radical (unpaired) electrons. The molecule has 0 saturated carbocycles. The maximum atomic E-state index is 13.4. The fourth-order valence-corrected chi connectivity index (χ4v) is 4.46. The topological polar surface area (TPSA) is 55.8 Å². The van der Waals surface area contributed by atoms with E-state index in [9.17, 15) is 9.59 Å². The van der Waals surface area contributed by atoms with Crippen LogP contribution in [-0.2, 0) is 9.59 Å². The Kier molecular flexibility index (Phi) is 5.14. The van der Waals surface area contributed by atoms with Gasteiger partial charge in [0.2, 0.25) is 5.91 Å². The molecule has 0 fully saturated rings. The van der Waals surface area contributed by atoms with Crippen molar-refractivity contribution in [2.75, 3.05) is 19.1 Å². The maximum absolute atomic E-state index is 13.4. The molecule has 1 aliphatic heterocycles. The molecular formula is C24H25NO4. The molecule has 0 bridgehead atoms. The van der Waals surface area contributed by atoms with Crippen LogP contribution in [0.3, 0.4) is 0 Å². The van der Waals surface area contributed by atoms with Crippen LogP contribution in [0.1, 0.15) is 42.7 Å². The molecule has 5 nitrogen and oxygen atoms in total. The lowest BCUT2D eigenvalue weighted by molar-refractivity contribution is -0.119. The summed E-state index contributed by atoms with van der Waals surface area (Å²) in [5, 5.41) is 0. The number of benzene rings is 2. The average Bonchev–Trinajstić information content (AvgIpc) is 2.73. The number of ether oxygens (including phenoxy) is 2. The average molecular weight is 391 g/mol. The number of rotatable bonds is 4. The first-order valence-electron chi connectivity index (χ1n) is 9.92. The van der Waals surface area contributed by atoms with Gasteiger partial charge in [0.1, 0.15) is 11.5 Å². The monoisotopic (exact) mass is 391 g/mol. The van der Waals surface area contributed by atoms with Crippen molar-refractivity contribution in [1.82, 2.24) is 0 Å². The summed E-state index contributed by atoms with van der Waals surface area (Å²) in [6, 6.07) is 13.4. The summed E-state index contributed by atoms with van der Waals surface area (Å²) in [5.41, 5.74) is 4.28. The van der Waals surface area contributed by atoms with Crippen LogP contribution in [0.25, 0.3) is 0 Å². The van der Waals surface area contributed by atoms with Crippen LogP contribution in [-0.4, -0.2) is 25.9 Å². The zero-order chi connectivity index (χ0) is 20.5. The molecular weight excluding hydrogens is 366 g/mol. The molecule has 0 N–H and O–H groups in total. The molecule has 150 valence electrons. The predicted molar refractivity (Wildman–Crippen MR) is 111 cm³/mol. The van der Waals surface area contributed by atoms with E-state index in [2.05, 4.69) is 0 Å². The van der Waals surface area contributed by atoms with Gasteiger partial charge in [-0.1, -0.05) is 18.2 Å². The molecule has 0 unspecified atom stereocenters. The molecule has 1 amide bonds. The Morgan fingerprint density at radius 3 is 2.52 bits per heavy atom. The number of anilines is 1. The molecule has 5 heteroatoms. The Morgan fingerprint density at radius 2 is 1.79 bits per heavy atom. The molecule has 29 heavy (non-hydrogen) atoms. The SMILES string of the molecule is COc1ccc(OC)c([C@H]2CC(=O)N(c3ccccc3C)C3=C2C(=O)CCC3)c1. The van der Waals surface area contributed by atoms with Gasteiger partial charge in [0, 0.05) is 35.6 Å². The lowest BCUT2D eigenvalue weighted by Crippen LogP contribution is -2.41. The third kappa shape index (κ3) is 3.31. The second-order valence-corrected chi connectivity index (χ2v) is 7.52. The lowest BCUT2D eigenvalue weighted by Gasteiger charge is -2.39. The number of aryl methyl sites for hydroxylation is 1. The summed E-state index contributed by atoms with van der Waals surface area (Å²) in [7, 11) is 3.21. The van der Waals surface area contributed by atoms with Crippen LogP contribution < -0.4 is 14.4 Å². The number of allylic oxidation sites excluding steroid dienone is 2. The standard InChI is InChI=1S/C24H25NO4/c1-15-7-4-5-8-19(15)25-20-9-6-10-21(26)24(20)18(14-23(25)27)17-13-16(28-2)11-12-22(17)29-3/h4-5,7-8,11-13,18H,6,9-10,14H2,1-3H3/t18-/m1/s1. The van der Waals surface area contributed by atoms with Crippen molar-refractivity contribution in [2.45, 2.75) is 38.5 Å². The van der Waals surface area contributed by atoms with Crippen LogP contribution in [0.4, 0.5) is 5.69 Å². The van der Waals surface area contributed by atoms with Gasteiger partial charge in [-0.15, -0.1) is 0 Å². The Bertz CT molecular complexity index is 1010. The van der Waals surface area contributed by atoms with Gasteiger partial charge in [0.25, 0.3) is 0 Å². The van der Waals surface area contributed by atoms with Crippen LogP contribution in [0.15, 0.2) is 53.7 Å². The van der Waals surface area contributed by atoms with Crippen molar-refractivity contribution in [3.8, 4) is 11.5 Å². The number of carbonyl (C=O) groups excluding carboxylic acids is 2. The smallest absolute Gasteiger partial charge is 0.232 e. The number of ketones is 1. The lowest BCUT2D eigenvalue weighted by atomic mass is 9.76. The quantitative estimate of drug-likeness (QED) is 0.768. The molecule has 1 atom stereocenters. The van der Waals surface area contributed by atoms with Crippen molar-refractivity contribution in [3.05, 3.63) is 64.9 Å². The number of Topliss-reactive ketones (excluding diaryl/α,β-unsaturated/α-hetero) is 1. The Balaban J connectivity index is 1.91. The zero-order valence-electron chi connectivity index (χ0n) is 17.0. The highest BCUT2D eigenvalue weighted by Gasteiger charge is 2.41. The van der Waals surface area contributed by atoms with Gasteiger partial charge in [0.05, 0.1) is 19.9 Å². The molecule has 2 aliphatic rings. The van der Waals surface area contributed by atoms with E-state index in [1.54, 1.807) is 19.1 Å². The van der Waals surface area contributed by atoms with Gasteiger partial charge in [0.15, 0.2) is 5.78 Å².